The number of aromatic nitrogens is 1. The van der Waals surface area contributed by atoms with Gasteiger partial charge in [0.15, 0.2) is 11.7 Å². The molecule has 4 rings (SSSR count). The van der Waals surface area contributed by atoms with Crippen molar-refractivity contribution in [1.29, 1.82) is 0 Å². The zero-order valence-electron chi connectivity index (χ0n) is 17.7. The van der Waals surface area contributed by atoms with Crippen LogP contribution in [0.2, 0.25) is 5.02 Å². The number of ether oxygens (including phenoxy) is 2. The second-order valence-corrected chi connectivity index (χ2v) is 11.7. The third kappa shape index (κ3) is 6.01. The van der Waals surface area contributed by atoms with Crippen LogP contribution in [0.15, 0.2) is 46.0 Å². The first kappa shape index (κ1) is 24.8. The number of amides is 1. The molecule has 9 nitrogen and oxygen atoms in total. The van der Waals surface area contributed by atoms with Crippen LogP contribution < -0.4 is 5.32 Å². The molecule has 1 saturated heterocycles. The molecule has 1 aliphatic rings. The molecule has 1 fully saturated rings. The minimum absolute atomic E-state index is 0.134. The Labute approximate surface area is 209 Å². The first-order chi connectivity index (χ1) is 16.3. The van der Waals surface area contributed by atoms with Crippen LogP contribution in [0.4, 0.5) is 5.13 Å². The quantitative estimate of drug-likeness (QED) is 0.435. The Morgan fingerprint density at radius 1 is 1.18 bits per heavy atom. The Kier molecular flexibility index (Phi) is 7.96. The fourth-order valence-corrected chi connectivity index (χ4v) is 6.99. The molecular weight excluding hydrogens is 522 g/mol. The number of nitrogens with zero attached hydrogens (tertiary/aromatic N) is 2. The van der Waals surface area contributed by atoms with Crippen molar-refractivity contribution in [2.45, 2.75) is 10.6 Å². The highest BCUT2D eigenvalue weighted by molar-refractivity contribution is 7.91. The molecule has 3 heterocycles. The molecule has 180 valence electrons. The molecule has 1 N–H and O–H groups in total. The van der Waals surface area contributed by atoms with E-state index >= 15 is 0 Å². The number of nitrogens with one attached hydrogen (secondary N) is 1. The van der Waals surface area contributed by atoms with Crippen molar-refractivity contribution in [2.75, 3.05) is 38.2 Å². The van der Waals surface area contributed by atoms with Crippen LogP contribution in [-0.4, -0.2) is 62.5 Å². The Hall–Kier alpha value is -2.35. The number of halogens is 1. The lowest BCUT2D eigenvalue weighted by Crippen LogP contribution is -2.40. The number of esters is 1. The standard InChI is InChI=1S/C21H20ClN3O6S3/c22-16-4-2-1-3-15(16)17-13-32-21(23-17)24-18(26)12-31-19(27)11-14-5-6-20(33-14)34(28,29)25-7-9-30-10-8-25/h1-6,13H,7-12H2,(H,23,24,26). The van der Waals surface area contributed by atoms with Crippen LogP contribution in [0.5, 0.6) is 0 Å². The number of carbonyl (C=O) groups excluding carboxylic acids is 2. The molecular formula is C21H20ClN3O6S3. The van der Waals surface area contributed by atoms with Gasteiger partial charge in [0.05, 0.1) is 25.3 Å². The molecule has 34 heavy (non-hydrogen) atoms. The van der Waals surface area contributed by atoms with E-state index in [1.807, 2.05) is 18.2 Å². The van der Waals surface area contributed by atoms with E-state index in [9.17, 15) is 18.0 Å². The van der Waals surface area contributed by atoms with Crippen LogP contribution in [0, 0.1) is 0 Å². The van der Waals surface area contributed by atoms with Crippen molar-refractivity contribution in [1.82, 2.24) is 9.29 Å². The number of anilines is 1. The summed E-state index contributed by atoms with van der Waals surface area (Å²) in [6, 6.07) is 10.3. The fourth-order valence-electron chi connectivity index (χ4n) is 3.12. The van der Waals surface area contributed by atoms with Gasteiger partial charge in [-0.05, 0) is 18.2 Å². The molecule has 3 aromatic rings. The smallest absolute Gasteiger partial charge is 0.311 e. The van der Waals surface area contributed by atoms with Gasteiger partial charge in [-0.25, -0.2) is 13.4 Å². The Morgan fingerprint density at radius 3 is 2.71 bits per heavy atom. The van der Waals surface area contributed by atoms with Crippen molar-refractivity contribution in [3.63, 3.8) is 0 Å². The van der Waals surface area contributed by atoms with Crippen LogP contribution in [-0.2, 0) is 35.5 Å². The lowest BCUT2D eigenvalue weighted by atomic mass is 10.2. The number of morpholine rings is 1. The predicted octanol–water partition coefficient (Wildman–Crippen LogP) is 3.27. The zero-order chi connectivity index (χ0) is 24.1. The largest absolute Gasteiger partial charge is 0.455 e. The molecule has 1 amide bonds. The van der Waals surface area contributed by atoms with Gasteiger partial charge in [-0.15, -0.1) is 22.7 Å². The maximum atomic E-state index is 12.7. The highest BCUT2D eigenvalue weighted by Gasteiger charge is 2.28. The predicted molar refractivity (Wildman–Crippen MR) is 130 cm³/mol. The molecule has 13 heteroatoms. The monoisotopic (exact) mass is 541 g/mol. The maximum absolute atomic E-state index is 12.7. The van der Waals surface area contributed by atoms with Gasteiger partial charge in [0, 0.05) is 33.9 Å². The number of hydrogen-bond acceptors (Lipinski definition) is 9. The number of thiazole rings is 1. The highest BCUT2D eigenvalue weighted by atomic mass is 35.5. The number of thiophene rings is 1. The van der Waals surface area contributed by atoms with Gasteiger partial charge < -0.3 is 9.47 Å². The first-order valence-electron chi connectivity index (χ1n) is 10.2. The molecule has 0 bridgehead atoms. The van der Waals surface area contributed by atoms with Gasteiger partial charge in [0.1, 0.15) is 4.21 Å². The number of hydrogen-bond donors (Lipinski definition) is 1. The lowest BCUT2D eigenvalue weighted by molar-refractivity contribution is -0.146. The summed E-state index contributed by atoms with van der Waals surface area (Å²) >= 11 is 8.41. The first-order valence-corrected chi connectivity index (χ1v) is 13.7. The zero-order valence-corrected chi connectivity index (χ0v) is 20.9. The molecule has 0 radical (unpaired) electrons. The van der Waals surface area contributed by atoms with E-state index in [1.165, 1.54) is 21.7 Å². The third-order valence-electron chi connectivity index (χ3n) is 4.78. The van der Waals surface area contributed by atoms with Crippen molar-refractivity contribution in [3.05, 3.63) is 51.7 Å². The molecule has 0 spiro atoms. The van der Waals surface area contributed by atoms with Crippen LogP contribution >= 0.6 is 34.3 Å². The second kappa shape index (κ2) is 10.9. The molecule has 1 aliphatic heterocycles. The summed E-state index contributed by atoms with van der Waals surface area (Å²) < 4.78 is 37.1. The normalized spacial score (nSPS) is 14.6. The summed E-state index contributed by atoms with van der Waals surface area (Å²) in [5, 5.41) is 5.26. The van der Waals surface area contributed by atoms with Gasteiger partial charge >= 0.3 is 5.97 Å². The van der Waals surface area contributed by atoms with E-state index in [1.54, 1.807) is 17.5 Å². The number of sulfonamides is 1. The van der Waals surface area contributed by atoms with Crippen molar-refractivity contribution >= 4 is 61.3 Å². The topological polar surface area (TPSA) is 115 Å². The summed E-state index contributed by atoms with van der Waals surface area (Å²) in [5.74, 6) is -1.17. The van der Waals surface area contributed by atoms with Crippen molar-refractivity contribution < 1.29 is 27.5 Å². The van der Waals surface area contributed by atoms with E-state index < -0.39 is 28.5 Å². The van der Waals surface area contributed by atoms with Gasteiger partial charge in [-0.1, -0.05) is 29.8 Å². The third-order valence-corrected chi connectivity index (χ3v) is 9.32. The summed E-state index contributed by atoms with van der Waals surface area (Å²) in [4.78, 5) is 29.2. The minimum Gasteiger partial charge on any atom is -0.455 e. The molecule has 1 aromatic carbocycles. The van der Waals surface area contributed by atoms with Crippen molar-refractivity contribution in [2.24, 2.45) is 0 Å². The van der Waals surface area contributed by atoms with Crippen LogP contribution in [0.3, 0.4) is 0 Å². The van der Waals surface area contributed by atoms with E-state index in [2.05, 4.69) is 10.3 Å². The lowest BCUT2D eigenvalue weighted by Gasteiger charge is -2.25. The summed E-state index contributed by atoms with van der Waals surface area (Å²) in [7, 11) is -3.62. The van der Waals surface area contributed by atoms with Gasteiger partial charge in [-0.3, -0.25) is 14.9 Å². The summed E-state index contributed by atoms with van der Waals surface area (Å²) in [6.45, 7) is 0.823. The van der Waals surface area contributed by atoms with Gasteiger partial charge in [-0.2, -0.15) is 4.31 Å². The minimum atomic E-state index is -3.62. The number of rotatable bonds is 8. The number of carbonyl (C=O) groups is 2. The average molecular weight is 542 g/mol. The Balaban J connectivity index is 1.27. The van der Waals surface area contributed by atoms with Crippen LogP contribution in [0.25, 0.3) is 11.3 Å². The fraction of sp³-hybridized carbons (Fsp3) is 0.286. The maximum Gasteiger partial charge on any atom is 0.311 e. The number of benzene rings is 1. The highest BCUT2D eigenvalue weighted by Crippen LogP contribution is 2.30. The molecule has 0 aliphatic carbocycles. The van der Waals surface area contributed by atoms with E-state index in [4.69, 9.17) is 21.1 Å². The Morgan fingerprint density at radius 2 is 1.94 bits per heavy atom. The van der Waals surface area contributed by atoms with E-state index in [-0.39, 0.29) is 10.6 Å². The average Bonchev–Trinajstić information content (AvgIpc) is 3.49. The van der Waals surface area contributed by atoms with E-state index in [0.29, 0.717) is 47.0 Å². The van der Waals surface area contributed by atoms with Crippen molar-refractivity contribution in [3.8, 4) is 11.3 Å². The molecule has 0 unspecified atom stereocenters. The van der Waals surface area contributed by atoms with Crippen LogP contribution in [0.1, 0.15) is 4.88 Å². The van der Waals surface area contributed by atoms with E-state index in [0.717, 1.165) is 16.9 Å². The SMILES string of the molecule is O=C(COC(=O)Cc1ccc(S(=O)(=O)N2CCOCC2)s1)Nc1nc(-c2ccccc2Cl)cs1. The molecule has 0 saturated carbocycles. The summed E-state index contributed by atoms with van der Waals surface area (Å²) in [5.41, 5.74) is 1.38. The van der Waals surface area contributed by atoms with Gasteiger partial charge in [0.25, 0.3) is 15.9 Å². The Bertz CT molecular complexity index is 1280. The second-order valence-electron chi connectivity index (χ2n) is 7.14. The molecule has 0 atom stereocenters. The molecule has 2 aromatic heterocycles. The van der Waals surface area contributed by atoms with Gasteiger partial charge in [0.2, 0.25) is 0 Å². The summed E-state index contributed by atoms with van der Waals surface area (Å²) in [6.07, 6.45) is -0.134.